The number of anilines is 2. The van der Waals surface area contributed by atoms with Crippen molar-refractivity contribution in [2.75, 3.05) is 18.4 Å². The van der Waals surface area contributed by atoms with E-state index in [0.717, 1.165) is 18.6 Å². The molecule has 0 radical (unpaired) electrons. The summed E-state index contributed by atoms with van der Waals surface area (Å²) < 4.78 is 77.7. The van der Waals surface area contributed by atoms with Gasteiger partial charge in [-0.15, -0.1) is 0 Å². The Hall–Kier alpha value is -3.32. The quantitative estimate of drug-likeness (QED) is 0.637. The molecule has 2 aromatic heterocycles. The molecule has 1 aliphatic heterocycles. The third-order valence-corrected chi connectivity index (χ3v) is 5.46. The third kappa shape index (κ3) is 5.37. The van der Waals surface area contributed by atoms with Gasteiger partial charge in [0.05, 0.1) is 24.3 Å². The van der Waals surface area contributed by atoms with Gasteiger partial charge in [-0.2, -0.15) is 27.1 Å². The van der Waals surface area contributed by atoms with E-state index in [9.17, 15) is 31.1 Å². The van der Waals surface area contributed by atoms with Gasteiger partial charge >= 0.3 is 18.8 Å². The molecule has 0 spiro atoms. The van der Waals surface area contributed by atoms with Crippen molar-refractivity contribution in [3.05, 3.63) is 36.2 Å². The second kappa shape index (κ2) is 8.90. The Kier molecular flexibility index (Phi) is 6.17. The highest BCUT2D eigenvalue weighted by Crippen LogP contribution is 2.37. The van der Waals surface area contributed by atoms with E-state index < -0.39 is 37.2 Å². The van der Waals surface area contributed by atoms with Crippen molar-refractivity contribution < 1.29 is 31.1 Å². The van der Waals surface area contributed by atoms with Crippen LogP contribution in [0.15, 0.2) is 24.7 Å². The zero-order valence-electron chi connectivity index (χ0n) is 17.0. The number of likely N-dealkylation sites (tertiary alicyclic amines) is 1. The zero-order chi connectivity index (χ0) is 23.8. The first-order valence-electron chi connectivity index (χ1n) is 10.0. The fourth-order valence-corrected chi connectivity index (χ4v) is 4.03. The van der Waals surface area contributed by atoms with E-state index in [1.807, 2.05) is 5.32 Å². The summed E-state index contributed by atoms with van der Waals surface area (Å²) in [6.45, 7) is -3.95. The number of aromatic nitrogens is 4. The van der Waals surface area contributed by atoms with Crippen molar-refractivity contribution in [2.24, 2.45) is 5.92 Å². The number of nitrogens with zero attached hydrogens (tertiary/aromatic N) is 5. The molecule has 2 unspecified atom stereocenters. The molecule has 2 aliphatic rings. The van der Waals surface area contributed by atoms with Crippen molar-refractivity contribution in [3.63, 3.8) is 0 Å². The lowest BCUT2D eigenvalue weighted by atomic mass is 10.0. The first kappa shape index (κ1) is 22.9. The van der Waals surface area contributed by atoms with Crippen LogP contribution in [-0.2, 0) is 0 Å². The molecular formula is C19H19F6N7O. The molecule has 1 saturated heterocycles. The number of nitrogens with one attached hydrogen (secondary N) is 2. The monoisotopic (exact) mass is 475 g/mol. The van der Waals surface area contributed by atoms with Crippen molar-refractivity contribution in [1.29, 1.82) is 0 Å². The third-order valence-electron chi connectivity index (χ3n) is 5.46. The summed E-state index contributed by atoms with van der Waals surface area (Å²) >= 11 is 0. The molecule has 8 nitrogen and oxygen atoms in total. The maximum Gasteiger partial charge on any atom is 0.405 e. The number of carbonyl (C=O) groups excluding carboxylic acids is 1. The first-order chi connectivity index (χ1) is 15.6. The number of hydrogen-bond acceptors (Lipinski definition) is 5. The van der Waals surface area contributed by atoms with E-state index in [4.69, 9.17) is 0 Å². The average Bonchev–Trinajstić information content (AvgIpc) is 3.31. The van der Waals surface area contributed by atoms with Crippen molar-refractivity contribution in [3.8, 4) is 0 Å². The van der Waals surface area contributed by atoms with Gasteiger partial charge in [0.2, 0.25) is 5.95 Å². The predicted octanol–water partition coefficient (Wildman–Crippen LogP) is 4.09. The highest BCUT2D eigenvalue weighted by atomic mass is 19.4. The fraction of sp³-hybridized carbons (Fsp3) is 0.474. The number of allylic oxidation sites excluding steroid dienone is 1. The molecule has 2 amide bonds. The molecule has 2 bridgehead atoms. The average molecular weight is 475 g/mol. The molecule has 2 aromatic rings. The van der Waals surface area contributed by atoms with Crippen LogP contribution in [-0.4, -0.2) is 56.0 Å². The Bertz CT molecular complexity index is 1050. The van der Waals surface area contributed by atoms with Gasteiger partial charge in [-0.25, -0.2) is 23.8 Å². The number of fused-ring (bicyclic) bond motifs is 2. The minimum Gasteiger partial charge on any atom is -0.329 e. The molecule has 1 aliphatic carbocycles. The molecule has 33 heavy (non-hydrogen) atoms. The number of hydrogen-bond donors (Lipinski definition) is 2. The van der Waals surface area contributed by atoms with Crippen molar-refractivity contribution >= 4 is 23.2 Å². The Balaban J connectivity index is 1.49. The summed E-state index contributed by atoms with van der Waals surface area (Å²) in [6, 6.07) is -1.23. The van der Waals surface area contributed by atoms with Crippen LogP contribution in [0.1, 0.15) is 31.5 Å². The molecule has 1 fully saturated rings. The molecule has 14 heteroatoms. The van der Waals surface area contributed by atoms with E-state index in [2.05, 4.69) is 20.4 Å². The van der Waals surface area contributed by atoms with Gasteiger partial charge in [0.15, 0.2) is 5.82 Å². The second-order valence-corrected chi connectivity index (χ2v) is 7.85. The number of carbonyl (C=O) groups is 1. The van der Waals surface area contributed by atoms with Crippen LogP contribution in [0.4, 0.5) is 42.8 Å². The molecule has 178 valence electrons. The number of urea groups is 1. The normalized spacial score (nSPS) is 20.6. The summed E-state index contributed by atoms with van der Waals surface area (Å²) in [4.78, 5) is 21.6. The highest BCUT2D eigenvalue weighted by Gasteiger charge is 2.39. The minimum atomic E-state index is -4.52. The molecule has 3 heterocycles. The number of alkyl halides is 5. The summed E-state index contributed by atoms with van der Waals surface area (Å²) in [6.07, 6.45) is 1.67. The van der Waals surface area contributed by atoms with Gasteiger partial charge in [-0.1, -0.05) is 6.08 Å². The van der Waals surface area contributed by atoms with E-state index >= 15 is 0 Å². The van der Waals surface area contributed by atoms with Crippen molar-refractivity contribution in [1.82, 2.24) is 30.0 Å². The number of amides is 2. The lowest BCUT2D eigenvalue weighted by Crippen LogP contribution is -2.46. The van der Waals surface area contributed by atoms with Gasteiger partial charge in [-0.05, 0) is 30.8 Å². The van der Waals surface area contributed by atoms with Crippen LogP contribution < -0.4 is 10.6 Å². The van der Waals surface area contributed by atoms with E-state index in [-0.39, 0.29) is 29.7 Å². The lowest BCUT2D eigenvalue weighted by Gasteiger charge is -2.27. The standard InChI is InChI=1S/C19H19F6N7O/c20-14-6-26-17(29-12-5-28-32(8-12)16(21)22)30-15(14)11-2-1-10-3-13(4-11)31(7-10)18(33)27-9-19(23,24)25/h2,5-6,8,10,13,16H,1,3-4,7,9H2,(H,27,33)(H,26,29,30). The van der Waals surface area contributed by atoms with Crippen molar-refractivity contribution in [2.45, 2.75) is 38.0 Å². The molecule has 2 atom stereocenters. The summed E-state index contributed by atoms with van der Waals surface area (Å²) in [5.74, 6) is -0.733. The van der Waals surface area contributed by atoms with Crippen LogP contribution in [0.3, 0.4) is 0 Å². The largest absolute Gasteiger partial charge is 0.405 e. The number of halogens is 6. The van der Waals surface area contributed by atoms with Crippen LogP contribution in [0.25, 0.3) is 5.57 Å². The van der Waals surface area contributed by atoms with E-state index in [1.54, 1.807) is 6.08 Å². The summed E-state index contributed by atoms with van der Waals surface area (Å²) in [5, 5.41) is 8.05. The Morgan fingerprint density at radius 1 is 1.27 bits per heavy atom. The molecule has 4 rings (SSSR count). The van der Waals surface area contributed by atoms with Gasteiger partial charge < -0.3 is 15.5 Å². The van der Waals surface area contributed by atoms with Crippen LogP contribution >= 0.6 is 0 Å². The van der Waals surface area contributed by atoms with Crippen LogP contribution in [0.2, 0.25) is 0 Å². The number of rotatable bonds is 5. The van der Waals surface area contributed by atoms with Gasteiger partial charge in [0.1, 0.15) is 12.2 Å². The molecule has 2 N–H and O–H groups in total. The lowest BCUT2D eigenvalue weighted by molar-refractivity contribution is -0.123. The summed E-state index contributed by atoms with van der Waals surface area (Å²) in [5.41, 5.74) is 0.633. The van der Waals surface area contributed by atoms with Crippen LogP contribution in [0, 0.1) is 11.7 Å². The second-order valence-electron chi connectivity index (χ2n) is 7.85. The minimum absolute atomic E-state index is 0.0306. The highest BCUT2D eigenvalue weighted by molar-refractivity contribution is 5.76. The maximum absolute atomic E-state index is 14.6. The predicted molar refractivity (Wildman–Crippen MR) is 104 cm³/mol. The van der Waals surface area contributed by atoms with E-state index in [1.165, 1.54) is 4.90 Å². The fourth-order valence-electron chi connectivity index (χ4n) is 4.03. The van der Waals surface area contributed by atoms with Crippen LogP contribution in [0.5, 0.6) is 0 Å². The maximum atomic E-state index is 14.6. The van der Waals surface area contributed by atoms with Gasteiger partial charge in [-0.3, -0.25) is 0 Å². The Labute approximate surface area is 183 Å². The van der Waals surface area contributed by atoms with Gasteiger partial charge in [0.25, 0.3) is 0 Å². The Morgan fingerprint density at radius 2 is 2.06 bits per heavy atom. The topological polar surface area (TPSA) is 88.0 Å². The van der Waals surface area contributed by atoms with E-state index in [0.29, 0.717) is 29.6 Å². The van der Waals surface area contributed by atoms with Gasteiger partial charge in [0, 0.05) is 12.6 Å². The first-order valence-corrected chi connectivity index (χ1v) is 10.0. The Morgan fingerprint density at radius 3 is 2.76 bits per heavy atom. The molecule has 0 aromatic carbocycles. The summed E-state index contributed by atoms with van der Waals surface area (Å²) in [7, 11) is 0. The SMILES string of the molecule is O=C(NCC(F)(F)F)N1CC2CC=C(c3nc(Nc4cnn(C(F)F)c4)ncc3F)CC1C2. The smallest absolute Gasteiger partial charge is 0.329 e. The molecular weight excluding hydrogens is 456 g/mol. The molecule has 0 saturated carbocycles. The zero-order valence-corrected chi connectivity index (χ0v) is 17.0.